The van der Waals surface area contributed by atoms with E-state index < -0.39 is 0 Å². The van der Waals surface area contributed by atoms with Gasteiger partial charge >= 0.3 is 0 Å². The van der Waals surface area contributed by atoms with Crippen molar-refractivity contribution in [2.45, 2.75) is 0 Å². The van der Waals surface area contributed by atoms with Gasteiger partial charge in [-0.15, -0.1) is 11.3 Å². The maximum atomic E-state index is 6.20. The minimum Gasteiger partial charge on any atom is -0.456 e. The second-order valence-corrected chi connectivity index (χ2v) is 14.7. The van der Waals surface area contributed by atoms with Crippen molar-refractivity contribution in [3.63, 3.8) is 0 Å². The van der Waals surface area contributed by atoms with E-state index in [0.717, 1.165) is 55.4 Å². The van der Waals surface area contributed by atoms with E-state index in [2.05, 4.69) is 138 Å². The molecule has 53 heavy (non-hydrogen) atoms. The lowest BCUT2D eigenvalue weighted by molar-refractivity contribution is 0.669. The van der Waals surface area contributed by atoms with E-state index in [9.17, 15) is 0 Å². The number of hydrogen-bond donors (Lipinski definition) is 0. The summed E-state index contributed by atoms with van der Waals surface area (Å²) in [4.78, 5) is 18.2. The van der Waals surface area contributed by atoms with Crippen LogP contribution in [0, 0.1) is 0 Å². The quantitative estimate of drug-likeness (QED) is 0.184. The van der Waals surface area contributed by atoms with E-state index in [1.165, 1.54) is 41.9 Å². The Kier molecular flexibility index (Phi) is 5.87. The molecule has 0 fully saturated rings. The zero-order chi connectivity index (χ0) is 34.6. The van der Waals surface area contributed by atoms with E-state index >= 15 is 0 Å². The van der Waals surface area contributed by atoms with Gasteiger partial charge in [0.05, 0.1) is 11.4 Å². The fourth-order valence-corrected chi connectivity index (χ4v) is 9.25. The molecule has 3 aromatic heterocycles. The summed E-state index contributed by atoms with van der Waals surface area (Å²) in [6.07, 6.45) is 0. The number of furan rings is 1. The van der Waals surface area contributed by atoms with Gasteiger partial charge in [0.1, 0.15) is 11.2 Å². The molecule has 0 aliphatic carbocycles. The van der Waals surface area contributed by atoms with Crippen molar-refractivity contribution in [2.24, 2.45) is 0 Å². The highest BCUT2D eigenvalue weighted by atomic mass is 32.1. The van der Waals surface area contributed by atoms with Crippen LogP contribution >= 0.6 is 11.3 Å². The molecule has 11 aromatic rings. The van der Waals surface area contributed by atoms with Crippen molar-refractivity contribution in [3.8, 4) is 33.9 Å². The van der Waals surface area contributed by atoms with Crippen molar-refractivity contribution in [3.05, 3.63) is 158 Å². The van der Waals surface area contributed by atoms with Gasteiger partial charge in [0.2, 0.25) is 5.95 Å². The van der Waals surface area contributed by atoms with Gasteiger partial charge in [0, 0.05) is 53.0 Å². The molecule has 6 heteroatoms. The van der Waals surface area contributed by atoms with Gasteiger partial charge in [-0.1, -0.05) is 91.0 Å². The van der Waals surface area contributed by atoms with E-state index in [1.807, 2.05) is 35.6 Å². The number of hydrogen-bond acceptors (Lipinski definition) is 6. The first-order valence-corrected chi connectivity index (χ1v) is 18.5. The van der Waals surface area contributed by atoms with E-state index in [4.69, 9.17) is 19.4 Å². The highest BCUT2D eigenvalue weighted by Crippen LogP contribution is 2.51. The molecule has 5 nitrogen and oxygen atoms in total. The van der Waals surface area contributed by atoms with E-state index in [1.54, 1.807) is 0 Å². The summed E-state index contributed by atoms with van der Waals surface area (Å²) < 4.78 is 8.71. The molecule has 0 N–H and O–H groups in total. The van der Waals surface area contributed by atoms with Crippen molar-refractivity contribution in [1.29, 1.82) is 0 Å². The molecule has 0 saturated heterocycles. The van der Waals surface area contributed by atoms with Crippen LogP contribution in [-0.4, -0.2) is 15.0 Å². The Balaban J connectivity index is 1.15. The standard InChI is InChI=1S/C47H26N4OS/c1-2-10-29-26-39-35(23-28(29)9-1)34-15-7-11-27-12-8-16-38(44(27)34)51(39)47-49-45(30-19-21-41-36(24-30)32-13-3-5-17-40(32)52-41)48-46(50-47)31-20-22-43-37(25-31)33-14-4-6-18-42(33)53-43/h1-26H. The number of benzene rings is 8. The fraction of sp³-hybridized carbons (Fsp3) is 0. The number of nitrogens with zero attached hydrogens (tertiary/aromatic N) is 4. The molecule has 0 saturated carbocycles. The number of fused-ring (bicyclic) bond motifs is 9. The Morgan fingerprint density at radius 3 is 1.96 bits per heavy atom. The van der Waals surface area contributed by atoms with Crippen molar-refractivity contribution in [2.75, 3.05) is 4.90 Å². The number of thiophene rings is 1. The molecular weight excluding hydrogens is 669 g/mol. The molecule has 246 valence electrons. The van der Waals surface area contributed by atoms with Crippen molar-refractivity contribution in [1.82, 2.24) is 15.0 Å². The topological polar surface area (TPSA) is 55.1 Å². The molecule has 0 unspecified atom stereocenters. The molecule has 1 aliphatic rings. The molecule has 8 aromatic carbocycles. The first-order valence-electron chi connectivity index (χ1n) is 17.7. The van der Waals surface area contributed by atoms with Crippen LogP contribution in [0.15, 0.2) is 162 Å². The predicted molar refractivity (Wildman–Crippen MR) is 220 cm³/mol. The average molecular weight is 695 g/mol. The van der Waals surface area contributed by atoms with Gasteiger partial charge in [-0.3, -0.25) is 4.90 Å². The second-order valence-electron chi connectivity index (χ2n) is 13.6. The first-order chi connectivity index (χ1) is 26.2. The number of aromatic nitrogens is 3. The average Bonchev–Trinajstić information content (AvgIpc) is 3.78. The lowest BCUT2D eigenvalue weighted by Gasteiger charge is -2.32. The van der Waals surface area contributed by atoms with Gasteiger partial charge in [-0.25, -0.2) is 4.98 Å². The van der Waals surface area contributed by atoms with Gasteiger partial charge < -0.3 is 4.42 Å². The molecule has 0 spiro atoms. The first kappa shape index (κ1) is 28.8. The van der Waals surface area contributed by atoms with Crippen LogP contribution < -0.4 is 4.90 Å². The third-order valence-corrected chi connectivity index (χ3v) is 11.8. The maximum absolute atomic E-state index is 6.20. The van der Waals surface area contributed by atoms with Crippen LogP contribution in [0.1, 0.15) is 0 Å². The summed E-state index contributed by atoms with van der Waals surface area (Å²) >= 11 is 1.81. The van der Waals surface area contributed by atoms with Crippen molar-refractivity contribution < 1.29 is 4.42 Å². The third-order valence-electron chi connectivity index (χ3n) is 10.6. The summed E-state index contributed by atoms with van der Waals surface area (Å²) in [5.41, 5.74) is 7.95. The Bertz CT molecular complexity index is 3190. The monoisotopic (exact) mass is 694 g/mol. The third kappa shape index (κ3) is 4.27. The Labute approximate surface area is 307 Å². The molecule has 1 aliphatic heterocycles. The van der Waals surface area contributed by atoms with Crippen LogP contribution in [0.25, 0.3) is 97.6 Å². The number of anilines is 3. The second kappa shape index (κ2) is 10.8. The molecule has 0 radical (unpaired) electrons. The van der Waals surface area contributed by atoms with E-state index in [0.29, 0.717) is 17.6 Å². The highest BCUT2D eigenvalue weighted by Gasteiger charge is 2.29. The van der Waals surface area contributed by atoms with Crippen LogP contribution in [0.2, 0.25) is 0 Å². The lowest BCUT2D eigenvalue weighted by Crippen LogP contribution is -2.18. The summed E-state index contributed by atoms with van der Waals surface area (Å²) in [5.74, 6) is 1.78. The highest BCUT2D eigenvalue weighted by molar-refractivity contribution is 7.25. The van der Waals surface area contributed by atoms with Crippen LogP contribution in [0.4, 0.5) is 17.3 Å². The number of rotatable bonds is 3. The smallest absolute Gasteiger partial charge is 0.238 e. The van der Waals surface area contributed by atoms with E-state index in [-0.39, 0.29) is 0 Å². The molecule has 12 rings (SSSR count). The van der Waals surface area contributed by atoms with Gasteiger partial charge in [-0.2, -0.15) is 9.97 Å². The molecule has 4 heterocycles. The summed E-state index contributed by atoms with van der Waals surface area (Å²) in [6, 6.07) is 55.7. The fourth-order valence-electron chi connectivity index (χ4n) is 8.16. The molecule has 0 amide bonds. The maximum Gasteiger partial charge on any atom is 0.238 e. The molecular formula is C47H26N4OS. The minimum atomic E-state index is 0.566. The summed E-state index contributed by atoms with van der Waals surface area (Å²) in [6.45, 7) is 0. The number of para-hydroxylation sites is 1. The largest absolute Gasteiger partial charge is 0.456 e. The summed E-state index contributed by atoms with van der Waals surface area (Å²) in [7, 11) is 0. The van der Waals surface area contributed by atoms with Gasteiger partial charge in [0.25, 0.3) is 0 Å². The Hall–Kier alpha value is -6.89. The zero-order valence-corrected chi connectivity index (χ0v) is 28.9. The van der Waals surface area contributed by atoms with Crippen LogP contribution in [0.3, 0.4) is 0 Å². The van der Waals surface area contributed by atoms with Gasteiger partial charge in [0.15, 0.2) is 11.6 Å². The molecule has 0 bridgehead atoms. The Morgan fingerprint density at radius 2 is 1.09 bits per heavy atom. The lowest BCUT2D eigenvalue weighted by atomic mass is 9.90. The molecule has 0 atom stereocenters. The normalized spacial score (nSPS) is 12.5. The predicted octanol–water partition coefficient (Wildman–Crippen LogP) is 13.2. The van der Waals surface area contributed by atoms with Crippen molar-refractivity contribution >= 4 is 92.3 Å². The van der Waals surface area contributed by atoms with Gasteiger partial charge in [-0.05, 0) is 88.5 Å². The summed E-state index contributed by atoms with van der Waals surface area (Å²) in [5, 5.41) is 9.23. The zero-order valence-electron chi connectivity index (χ0n) is 28.1. The van der Waals surface area contributed by atoms with Crippen LogP contribution in [0.5, 0.6) is 0 Å². The SMILES string of the molecule is c1ccc2cc3c(cc2c1)-c1cccc2cccc(c12)N3c1nc(-c2ccc3oc4ccccc4c3c2)nc(-c2ccc3sc4ccccc4c3c2)n1. The Morgan fingerprint density at radius 1 is 0.434 bits per heavy atom. The minimum absolute atomic E-state index is 0.566. The van der Waals surface area contributed by atoms with Crippen LogP contribution in [-0.2, 0) is 0 Å².